The van der Waals surface area contributed by atoms with Crippen molar-refractivity contribution in [1.82, 2.24) is 0 Å². The van der Waals surface area contributed by atoms with Crippen LogP contribution in [0.15, 0.2) is 0 Å². The van der Waals surface area contributed by atoms with E-state index >= 15 is 0 Å². The van der Waals surface area contributed by atoms with Crippen molar-refractivity contribution in [2.24, 2.45) is 5.92 Å². The Balaban J connectivity index is 2.88. The molecule has 0 rings (SSSR count). The van der Waals surface area contributed by atoms with Gasteiger partial charge in [0.1, 0.15) is 0 Å². The molecule has 56 valence electrons. The molecule has 0 saturated carbocycles. The van der Waals surface area contributed by atoms with Gasteiger partial charge < -0.3 is 0 Å². The van der Waals surface area contributed by atoms with Crippen LogP contribution in [0.25, 0.3) is 0 Å². The van der Waals surface area contributed by atoms with E-state index in [0.717, 1.165) is 11.2 Å². The van der Waals surface area contributed by atoms with Crippen LogP contribution in [0.4, 0.5) is 0 Å². The molecule has 0 N–H and O–H groups in total. The van der Waals surface area contributed by atoms with E-state index in [1.54, 1.807) is 0 Å². The summed E-state index contributed by atoms with van der Waals surface area (Å²) in [6.45, 7) is 4.54. The van der Waals surface area contributed by atoms with Crippen molar-refractivity contribution in [2.75, 3.05) is 5.33 Å². The minimum atomic E-state index is 0.872. The second-order valence-electron chi connectivity index (χ2n) is 2.76. The highest BCUT2D eigenvalue weighted by Crippen LogP contribution is 2.10. The number of alkyl halides is 1. The predicted octanol–water partition coefficient (Wildman–Crippen LogP) is 3.60. The lowest BCUT2D eigenvalue weighted by Crippen LogP contribution is -1.94. The Labute approximate surface area is 67.2 Å². The van der Waals surface area contributed by atoms with Gasteiger partial charge >= 0.3 is 0 Å². The summed E-state index contributed by atoms with van der Waals surface area (Å²) in [5, 5.41) is 1.16. The minimum absolute atomic E-state index is 0.872. The molecule has 0 fully saturated rings. The molecular weight excluding hydrogens is 176 g/mol. The topological polar surface area (TPSA) is 0 Å². The van der Waals surface area contributed by atoms with Gasteiger partial charge in [-0.05, 0) is 12.3 Å². The first kappa shape index (κ1) is 9.48. The third-order valence-corrected chi connectivity index (χ3v) is 2.67. The normalized spacial score (nSPS) is 13.7. The summed E-state index contributed by atoms with van der Waals surface area (Å²) in [6.07, 6.45) is 5.54. The molecule has 0 heterocycles. The first-order valence-corrected chi connectivity index (χ1v) is 4.99. The van der Waals surface area contributed by atoms with Crippen LogP contribution in [-0.2, 0) is 0 Å². The van der Waals surface area contributed by atoms with E-state index in [9.17, 15) is 0 Å². The van der Waals surface area contributed by atoms with Crippen molar-refractivity contribution < 1.29 is 0 Å². The molecule has 0 amide bonds. The summed E-state index contributed by atoms with van der Waals surface area (Å²) in [4.78, 5) is 0. The van der Waals surface area contributed by atoms with E-state index in [-0.39, 0.29) is 0 Å². The summed E-state index contributed by atoms with van der Waals surface area (Å²) < 4.78 is 0. The van der Waals surface area contributed by atoms with Gasteiger partial charge in [-0.15, -0.1) is 0 Å². The SMILES string of the molecule is CCCCCC(C)CBr. The van der Waals surface area contributed by atoms with Crippen molar-refractivity contribution in [3.8, 4) is 0 Å². The van der Waals surface area contributed by atoms with Crippen LogP contribution in [0.5, 0.6) is 0 Å². The van der Waals surface area contributed by atoms with E-state index in [1.807, 2.05) is 0 Å². The van der Waals surface area contributed by atoms with Crippen molar-refractivity contribution in [2.45, 2.75) is 39.5 Å². The molecule has 0 aliphatic carbocycles. The van der Waals surface area contributed by atoms with Gasteiger partial charge in [-0.2, -0.15) is 0 Å². The van der Waals surface area contributed by atoms with Gasteiger partial charge in [0.25, 0.3) is 0 Å². The molecule has 0 saturated heterocycles. The van der Waals surface area contributed by atoms with Crippen LogP contribution in [0.1, 0.15) is 39.5 Å². The molecule has 1 heteroatoms. The van der Waals surface area contributed by atoms with E-state index in [1.165, 1.54) is 25.7 Å². The van der Waals surface area contributed by atoms with Crippen LogP contribution >= 0.6 is 15.9 Å². The second-order valence-corrected chi connectivity index (χ2v) is 3.40. The van der Waals surface area contributed by atoms with Crippen LogP contribution in [0.2, 0.25) is 0 Å². The zero-order valence-electron chi connectivity index (χ0n) is 6.49. The molecular formula is C8H17Br. The Morgan fingerprint density at radius 3 is 2.44 bits per heavy atom. The van der Waals surface area contributed by atoms with Gasteiger partial charge in [-0.1, -0.05) is 49.0 Å². The van der Waals surface area contributed by atoms with Gasteiger partial charge in [-0.25, -0.2) is 0 Å². The van der Waals surface area contributed by atoms with Gasteiger partial charge in [0.05, 0.1) is 0 Å². The van der Waals surface area contributed by atoms with Crippen molar-refractivity contribution in [3.63, 3.8) is 0 Å². The maximum Gasteiger partial charge on any atom is 0.00570 e. The van der Waals surface area contributed by atoms with Crippen molar-refractivity contribution in [3.05, 3.63) is 0 Å². The Morgan fingerprint density at radius 1 is 1.33 bits per heavy atom. The third-order valence-electron chi connectivity index (χ3n) is 1.56. The lowest BCUT2D eigenvalue weighted by atomic mass is 10.1. The lowest BCUT2D eigenvalue weighted by Gasteiger charge is -2.04. The van der Waals surface area contributed by atoms with Gasteiger partial charge in [0, 0.05) is 5.33 Å². The largest absolute Gasteiger partial charge is 0.0925 e. The van der Waals surface area contributed by atoms with Crippen LogP contribution in [-0.4, -0.2) is 5.33 Å². The van der Waals surface area contributed by atoms with E-state index in [0.29, 0.717) is 0 Å². The smallest absolute Gasteiger partial charge is 0.00570 e. The van der Waals surface area contributed by atoms with Crippen LogP contribution in [0.3, 0.4) is 0 Å². The number of hydrogen-bond acceptors (Lipinski definition) is 0. The fraction of sp³-hybridized carbons (Fsp3) is 1.00. The highest BCUT2D eigenvalue weighted by atomic mass is 79.9. The van der Waals surface area contributed by atoms with E-state index < -0.39 is 0 Å². The average Bonchev–Trinajstić information content (AvgIpc) is 1.89. The van der Waals surface area contributed by atoms with Crippen LogP contribution < -0.4 is 0 Å². The standard InChI is InChI=1S/C8H17Br/c1-3-4-5-6-8(2)7-9/h8H,3-7H2,1-2H3. The highest BCUT2D eigenvalue weighted by Gasteiger charge is 1.96. The molecule has 0 aromatic rings. The average molecular weight is 193 g/mol. The molecule has 1 unspecified atom stereocenters. The zero-order valence-corrected chi connectivity index (χ0v) is 8.08. The van der Waals surface area contributed by atoms with Gasteiger partial charge in [0.15, 0.2) is 0 Å². The fourth-order valence-corrected chi connectivity index (χ4v) is 1.14. The molecule has 0 spiro atoms. The monoisotopic (exact) mass is 192 g/mol. The summed E-state index contributed by atoms with van der Waals surface area (Å²) in [6, 6.07) is 0. The molecule has 0 aliphatic heterocycles. The maximum absolute atomic E-state index is 3.47. The number of hydrogen-bond donors (Lipinski definition) is 0. The zero-order chi connectivity index (χ0) is 7.11. The molecule has 0 nitrogen and oxygen atoms in total. The second kappa shape index (κ2) is 6.60. The van der Waals surface area contributed by atoms with E-state index in [2.05, 4.69) is 29.8 Å². The van der Waals surface area contributed by atoms with Crippen LogP contribution in [0, 0.1) is 5.92 Å². The fourth-order valence-electron chi connectivity index (χ4n) is 0.820. The minimum Gasteiger partial charge on any atom is -0.0925 e. The molecule has 1 atom stereocenters. The Bertz CT molecular complexity index is 52.5. The molecule has 0 aliphatic rings. The third kappa shape index (κ3) is 6.36. The summed E-state index contributed by atoms with van der Waals surface area (Å²) >= 11 is 3.47. The number of rotatable bonds is 5. The summed E-state index contributed by atoms with van der Waals surface area (Å²) in [7, 11) is 0. The number of unbranched alkanes of at least 4 members (excludes halogenated alkanes) is 2. The maximum atomic E-state index is 3.47. The first-order valence-electron chi connectivity index (χ1n) is 3.87. The van der Waals surface area contributed by atoms with E-state index in [4.69, 9.17) is 0 Å². The first-order chi connectivity index (χ1) is 4.31. The Kier molecular flexibility index (Phi) is 6.95. The predicted molar refractivity (Wildman–Crippen MR) is 47.1 cm³/mol. The van der Waals surface area contributed by atoms with Gasteiger partial charge in [0.2, 0.25) is 0 Å². The quantitative estimate of drug-likeness (QED) is 0.462. The lowest BCUT2D eigenvalue weighted by molar-refractivity contribution is 0.544. The molecule has 0 aromatic heterocycles. The van der Waals surface area contributed by atoms with Gasteiger partial charge in [-0.3, -0.25) is 0 Å². The molecule has 9 heavy (non-hydrogen) atoms. The Hall–Kier alpha value is 0.480. The van der Waals surface area contributed by atoms with Crippen molar-refractivity contribution >= 4 is 15.9 Å². The summed E-state index contributed by atoms with van der Waals surface area (Å²) in [5.41, 5.74) is 0. The Morgan fingerprint density at radius 2 is 2.00 bits per heavy atom. The molecule has 0 radical (unpaired) electrons. The molecule has 0 aromatic carbocycles. The summed E-state index contributed by atoms with van der Waals surface area (Å²) in [5.74, 6) is 0.872. The van der Waals surface area contributed by atoms with Crippen molar-refractivity contribution in [1.29, 1.82) is 0 Å². The molecule has 0 bridgehead atoms. The highest BCUT2D eigenvalue weighted by molar-refractivity contribution is 9.09. The number of halogens is 1.